The number of amides is 1. The number of ether oxygens (including phenoxy) is 2. The summed E-state index contributed by atoms with van der Waals surface area (Å²) in [4.78, 5) is 15.1. The fourth-order valence-corrected chi connectivity index (χ4v) is 5.82. The second kappa shape index (κ2) is 8.33. The number of rotatable bonds is 3. The lowest BCUT2D eigenvalue weighted by Gasteiger charge is -2.53. The maximum absolute atomic E-state index is 13.1. The van der Waals surface area contributed by atoms with Crippen LogP contribution < -0.4 is 10.5 Å². The van der Waals surface area contributed by atoms with Crippen LogP contribution in [0.3, 0.4) is 0 Å². The quantitative estimate of drug-likeness (QED) is 0.744. The van der Waals surface area contributed by atoms with E-state index in [2.05, 4.69) is 39.0 Å². The fraction of sp³-hybridized carbons (Fsp3) is 0.519. The number of phenolic OH excluding ortho intramolecular Hbond substituents is 1. The first kappa shape index (κ1) is 22.2. The first-order chi connectivity index (χ1) is 15.7. The van der Waals surface area contributed by atoms with Gasteiger partial charge in [-0.15, -0.1) is 0 Å². The average molecular weight is 451 g/mol. The molecule has 3 aliphatic heterocycles. The Morgan fingerprint density at radius 2 is 2.00 bits per heavy atom. The first-order valence-corrected chi connectivity index (χ1v) is 12.0. The van der Waals surface area contributed by atoms with E-state index in [1.807, 2.05) is 17.0 Å². The lowest BCUT2D eigenvalue weighted by Crippen LogP contribution is -2.57. The standard InChI is InChI=1S/C27H34N2O4/c1-16-4-9-20-24(12-16)33-27(2,3)21-14-18-15-29(11-10-23(18)32-25(20)21)26(31)22(28)13-17-5-7-19(30)8-6-17/h4-9,12,18,21-23,25,30H,10-11,13-15,28H2,1-3H3/t18-,21+,22+,23+,25-/m1/s1. The lowest BCUT2D eigenvalue weighted by molar-refractivity contribution is -0.189. The van der Waals surface area contributed by atoms with E-state index in [0.29, 0.717) is 19.5 Å². The van der Waals surface area contributed by atoms with Crippen LogP contribution >= 0.6 is 0 Å². The number of aryl methyl sites for hydroxylation is 1. The van der Waals surface area contributed by atoms with E-state index in [9.17, 15) is 9.90 Å². The molecule has 0 unspecified atom stereocenters. The zero-order valence-electron chi connectivity index (χ0n) is 19.7. The lowest BCUT2D eigenvalue weighted by atomic mass is 9.70. The fourth-order valence-electron chi connectivity index (χ4n) is 5.82. The van der Waals surface area contributed by atoms with Gasteiger partial charge in [0.15, 0.2) is 0 Å². The molecule has 2 aromatic carbocycles. The number of carbonyl (C=O) groups is 1. The predicted molar refractivity (Wildman–Crippen MR) is 126 cm³/mol. The number of phenols is 1. The third-order valence-electron chi connectivity index (χ3n) is 7.67. The van der Waals surface area contributed by atoms with Crippen molar-refractivity contribution in [3.63, 3.8) is 0 Å². The van der Waals surface area contributed by atoms with Crippen molar-refractivity contribution < 1.29 is 19.4 Å². The largest absolute Gasteiger partial charge is 0.508 e. The molecule has 2 fully saturated rings. The molecular weight excluding hydrogens is 416 g/mol. The summed E-state index contributed by atoms with van der Waals surface area (Å²) < 4.78 is 13.2. The summed E-state index contributed by atoms with van der Waals surface area (Å²) in [6.07, 6.45) is 2.43. The minimum atomic E-state index is -0.590. The van der Waals surface area contributed by atoms with Gasteiger partial charge in [-0.05, 0) is 69.4 Å². The zero-order valence-corrected chi connectivity index (χ0v) is 19.7. The molecule has 33 heavy (non-hydrogen) atoms. The van der Waals surface area contributed by atoms with Crippen molar-refractivity contribution in [1.82, 2.24) is 4.90 Å². The van der Waals surface area contributed by atoms with E-state index < -0.39 is 6.04 Å². The number of likely N-dealkylation sites (tertiary alicyclic amines) is 1. The SMILES string of the molecule is Cc1ccc2c(c1)OC(C)(C)[C@H]1C[C@@H]3CN(C(=O)[C@@H](N)Cc4ccc(O)cc4)CC[C@@H]3O[C@H]21. The second-order valence-corrected chi connectivity index (χ2v) is 10.5. The number of aromatic hydroxyl groups is 1. The van der Waals surface area contributed by atoms with Crippen LogP contribution in [0.15, 0.2) is 42.5 Å². The number of piperidine rings is 1. The number of hydrogen-bond acceptors (Lipinski definition) is 5. The van der Waals surface area contributed by atoms with Gasteiger partial charge in [0.2, 0.25) is 5.91 Å². The van der Waals surface area contributed by atoms with Gasteiger partial charge in [0.1, 0.15) is 17.1 Å². The van der Waals surface area contributed by atoms with Crippen molar-refractivity contribution in [2.75, 3.05) is 13.1 Å². The van der Waals surface area contributed by atoms with Crippen LogP contribution in [0.2, 0.25) is 0 Å². The number of nitrogens with zero attached hydrogens (tertiary/aromatic N) is 1. The molecular formula is C27H34N2O4. The topological polar surface area (TPSA) is 85.0 Å². The Balaban J connectivity index is 1.28. The monoisotopic (exact) mass is 450 g/mol. The zero-order chi connectivity index (χ0) is 23.3. The van der Waals surface area contributed by atoms with Gasteiger partial charge in [0, 0.05) is 30.5 Å². The Kier molecular flexibility index (Phi) is 5.61. The number of hydrogen-bond donors (Lipinski definition) is 2. The van der Waals surface area contributed by atoms with Crippen LogP contribution in [0, 0.1) is 18.8 Å². The van der Waals surface area contributed by atoms with Crippen LogP contribution in [0.4, 0.5) is 0 Å². The molecule has 0 saturated carbocycles. The molecule has 0 radical (unpaired) electrons. The minimum absolute atomic E-state index is 0.0105. The van der Waals surface area contributed by atoms with Gasteiger partial charge in [-0.25, -0.2) is 0 Å². The van der Waals surface area contributed by atoms with Gasteiger partial charge in [-0.3, -0.25) is 4.79 Å². The summed E-state index contributed by atoms with van der Waals surface area (Å²) in [5.41, 5.74) is 9.25. The summed E-state index contributed by atoms with van der Waals surface area (Å²) in [6, 6.07) is 12.7. The molecule has 0 aliphatic carbocycles. The summed E-state index contributed by atoms with van der Waals surface area (Å²) in [5.74, 6) is 1.65. The molecule has 3 aliphatic rings. The first-order valence-electron chi connectivity index (χ1n) is 12.0. The Labute approximate surface area is 195 Å². The Hall–Kier alpha value is -2.57. The third kappa shape index (κ3) is 4.22. The van der Waals surface area contributed by atoms with Crippen molar-refractivity contribution in [3.05, 3.63) is 59.2 Å². The molecule has 3 heterocycles. The van der Waals surface area contributed by atoms with Gasteiger partial charge < -0.3 is 25.2 Å². The van der Waals surface area contributed by atoms with E-state index in [0.717, 1.165) is 29.7 Å². The average Bonchev–Trinajstić information content (AvgIpc) is 2.78. The van der Waals surface area contributed by atoms with E-state index >= 15 is 0 Å². The molecule has 0 bridgehead atoms. The molecule has 0 aromatic heterocycles. The highest BCUT2D eigenvalue weighted by atomic mass is 16.5. The van der Waals surface area contributed by atoms with E-state index in [1.165, 1.54) is 5.56 Å². The molecule has 0 spiro atoms. The smallest absolute Gasteiger partial charge is 0.239 e. The number of carbonyl (C=O) groups excluding carboxylic acids is 1. The van der Waals surface area contributed by atoms with Gasteiger partial charge in [-0.1, -0.05) is 24.3 Å². The number of fused-ring (bicyclic) bond motifs is 4. The van der Waals surface area contributed by atoms with Gasteiger partial charge in [0.05, 0.1) is 18.2 Å². The molecule has 6 nitrogen and oxygen atoms in total. The summed E-state index contributed by atoms with van der Waals surface area (Å²) >= 11 is 0. The molecule has 1 amide bonds. The Morgan fingerprint density at radius 1 is 1.24 bits per heavy atom. The van der Waals surface area contributed by atoms with Crippen molar-refractivity contribution in [3.8, 4) is 11.5 Å². The van der Waals surface area contributed by atoms with Gasteiger partial charge >= 0.3 is 0 Å². The third-order valence-corrected chi connectivity index (χ3v) is 7.67. The minimum Gasteiger partial charge on any atom is -0.508 e. The predicted octanol–water partition coefficient (Wildman–Crippen LogP) is 3.74. The molecule has 5 atom stereocenters. The van der Waals surface area contributed by atoms with Gasteiger partial charge in [0.25, 0.3) is 0 Å². The van der Waals surface area contributed by atoms with Gasteiger partial charge in [-0.2, -0.15) is 0 Å². The molecule has 2 aromatic rings. The van der Waals surface area contributed by atoms with Crippen LogP contribution in [-0.2, 0) is 16.0 Å². The van der Waals surface area contributed by atoms with Crippen LogP contribution in [-0.4, -0.2) is 46.7 Å². The molecule has 176 valence electrons. The van der Waals surface area contributed by atoms with Crippen molar-refractivity contribution in [2.45, 2.75) is 63.9 Å². The highest BCUT2D eigenvalue weighted by Gasteiger charge is 2.51. The highest BCUT2D eigenvalue weighted by Crippen LogP contribution is 2.53. The van der Waals surface area contributed by atoms with Crippen molar-refractivity contribution in [2.24, 2.45) is 17.6 Å². The second-order valence-electron chi connectivity index (χ2n) is 10.5. The normalized spacial score (nSPS) is 28.7. The molecule has 6 heteroatoms. The summed E-state index contributed by atoms with van der Waals surface area (Å²) in [6.45, 7) is 7.73. The van der Waals surface area contributed by atoms with E-state index in [4.69, 9.17) is 15.2 Å². The maximum atomic E-state index is 13.1. The Morgan fingerprint density at radius 3 is 2.76 bits per heavy atom. The Bertz CT molecular complexity index is 1030. The molecule has 3 N–H and O–H groups in total. The van der Waals surface area contributed by atoms with Crippen LogP contribution in [0.5, 0.6) is 11.5 Å². The van der Waals surface area contributed by atoms with Crippen molar-refractivity contribution >= 4 is 5.91 Å². The molecule has 5 rings (SSSR count). The maximum Gasteiger partial charge on any atom is 0.239 e. The summed E-state index contributed by atoms with van der Waals surface area (Å²) in [5, 5.41) is 9.47. The van der Waals surface area contributed by atoms with Crippen LogP contribution in [0.25, 0.3) is 0 Å². The number of nitrogens with two attached hydrogens (primary N) is 1. The summed E-state index contributed by atoms with van der Waals surface area (Å²) in [7, 11) is 0. The van der Waals surface area contributed by atoms with Crippen molar-refractivity contribution in [1.29, 1.82) is 0 Å². The molecule has 2 saturated heterocycles. The highest BCUT2D eigenvalue weighted by molar-refractivity contribution is 5.82. The number of benzene rings is 2. The van der Waals surface area contributed by atoms with Crippen LogP contribution in [0.1, 0.15) is 49.5 Å². The van der Waals surface area contributed by atoms with E-state index in [-0.39, 0.29) is 41.3 Å². The van der Waals surface area contributed by atoms with E-state index in [1.54, 1.807) is 12.1 Å².